The molecule has 19 nitrogen and oxygen atoms in total. The van der Waals surface area contributed by atoms with E-state index in [0.717, 1.165) is 9.80 Å². The molecular weight excluding hydrogens is 812 g/mol. The Morgan fingerprint density at radius 2 is 1.65 bits per heavy atom. The first kappa shape index (κ1) is 45.4. The highest BCUT2D eigenvalue weighted by Crippen LogP contribution is 2.47. The number of carboxylic acid groups (broad SMARTS) is 1. The second-order valence-corrected chi connectivity index (χ2v) is 19.2. The zero-order valence-electron chi connectivity index (χ0n) is 34.2. The quantitative estimate of drug-likeness (QED) is 0.0829. The number of benzene rings is 1. The number of halogens is 1. The van der Waals surface area contributed by atoms with Crippen LogP contribution < -0.4 is 20.7 Å². The number of nitrogens with zero attached hydrogens (tertiary/aromatic N) is 2. The summed E-state index contributed by atoms with van der Waals surface area (Å²) in [5.41, 5.74) is -3.94. The zero-order chi connectivity index (χ0) is 44.7. The lowest BCUT2D eigenvalue weighted by molar-refractivity contribution is -0.146. The van der Waals surface area contributed by atoms with Gasteiger partial charge in [0.15, 0.2) is 0 Å². The molecule has 328 valence electrons. The summed E-state index contributed by atoms with van der Waals surface area (Å²) in [6, 6.07) is -0.244. The fourth-order valence-corrected chi connectivity index (χ4v) is 8.67. The monoisotopic (exact) mass is 862 g/mol. The number of rotatable bonds is 13. The predicted octanol–water partition coefficient (Wildman–Crippen LogP) is 2.72. The molecule has 1 aromatic carbocycles. The van der Waals surface area contributed by atoms with Crippen LogP contribution in [0.5, 0.6) is 0 Å². The largest absolute Gasteiger partial charge is 0.465 e. The molecule has 1 aromatic rings. The van der Waals surface area contributed by atoms with Crippen LogP contribution in [0.4, 0.5) is 18.8 Å². The van der Waals surface area contributed by atoms with E-state index in [1.165, 1.54) is 24.3 Å². The molecule has 1 saturated heterocycles. The lowest BCUT2D eigenvalue weighted by atomic mass is 9.90. The molecule has 2 saturated carbocycles. The van der Waals surface area contributed by atoms with Crippen LogP contribution in [0.1, 0.15) is 84.4 Å². The van der Waals surface area contributed by atoms with Gasteiger partial charge in [-0.1, -0.05) is 24.8 Å². The fourth-order valence-electron chi connectivity index (χ4n) is 7.31. The lowest BCUT2D eigenvalue weighted by Crippen LogP contribution is -2.59. The van der Waals surface area contributed by atoms with Crippen LogP contribution in [-0.4, -0.2) is 113 Å². The summed E-state index contributed by atoms with van der Waals surface area (Å²) in [5, 5.41) is 16.6. The minimum Gasteiger partial charge on any atom is -0.465 e. The van der Waals surface area contributed by atoms with Gasteiger partial charge in [-0.3, -0.25) is 29.3 Å². The van der Waals surface area contributed by atoms with Crippen molar-refractivity contribution in [2.24, 2.45) is 11.8 Å². The van der Waals surface area contributed by atoms with Gasteiger partial charge in [-0.2, -0.15) is 0 Å². The molecule has 4 aliphatic rings. The van der Waals surface area contributed by atoms with Crippen molar-refractivity contribution in [3.8, 4) is 0 Å². The molecule has 3 fully saturated rings. The Bertz CT molecular complexity index is 2100. The average molecular weight is 863 g/mol. The second kappa shape index (κ2) is 16.7. The SMILES string of the molecule is C=C[C@@H]1C[C@]1(NC(=O)[C@@H]1C[C@@H](C2c3cccc(F)c3CN2C(=O)O)CN1C(=O)[C@H](COC(=O)C(=C)NC(=O)OC(C)(C)C)NC(=O)OC(C)(C)C)C(=O)NS(=O)(=O)C1CC1. The topological polar surface area (TPSA) is 256 Å². The van der Waals surface area contributed by atoms with Crippen LogP contribution in [0.25, 0.3) is 0 Å². The van der Waals surface area contributed by atoms with Crippen molar-refractivity contribution in [1.29, 1.82) is 0 Å². The number of carbonyl (C=O) groups is 7. The van der Waals surface area contributed by atoms with Gasteiger partial charge in [-0.05, 0) is 78.9 Å². The van der Waals surface area contributed by atoms with E-state index in [9.17, 15) is 47.1 Å². The van der Waals surface area contributed by atoms with Gasteiger partial charge in [0, 0.05) is 23.9 Å². The Labute approximate surface area is 346 Å². The number of amides is 6. The highest BCUT2D eigenvalue weighted by atomic mass is 32.2. The molecule has 2 heterocycles. The number of hydrogen-bond acceptors (Lipinski definition) is 12. The molecule has 5 N–H and O–H groups in total. The molecule has 2 aliphatic carbocycles. The van der Waals surface area contributed by atoms with Gasteiger partial charge >= 0.3 is 24.2 Å². The Kier molecular flexibility index (Phi) is 12.6. The number of nitrogens with one attached hydrogen (secondary N) is 4. The van der Waals surface area contributed by atoms with Crippen molar-refractivity contribution >= 4 is 52.0 Å². The van der Waals surface area contributed by atoms with Crippen LogP contribution in [-0.2, 0) is 50.0 Å². The Hall–Kier alpha value is -5.73. The number of esters is 1. The van der Waals surface area contributed by atoms with E-state index < -0.39 is 122 Å². The van der Waals surface area contributed by atoms with Crippen molar-refractivity contribution in [2.75, 3.05) is 13.2 Å². The molecule has 2 aliphatic heterocycles. The minimum absolute atomic E-state index is 0.0274. The number of sulfonamides is 1. The van der Waals surface area contributed by atoms with Gasteiger partial charge in [0.05, 0.1) is 17.8 Å². The molecule has 0 bridgehead atoms. The van der Waals surface area contributed by atoms with E-state index >= 15 is 4.39 Å². The van der Waals surface area contributed by atoms with E-state index in [-0.39, 0.29) is 31.5 Å². The van der Waals surface area contributed by atoms with E-state index in [0.29, 0.717) is 18.4 Å². The predicted molar refractivity (Wildman–Crippen MR) is 208 cm³/mol. The molecule has 0 spiro atoms. The Morgan fingerprint density at radius 1 is 1.02 bits per heavy atom. The molecule has 0 aromatic heterocycles. The van der Waals surface area contributed by atoms with Crippen LogP contribution in [0.15, 0.2) is 43.1 Å². The number of fused-ring (bicyclic) bond motifs is 1. The van der Waals surface area contributed by atoms with Crippen LogP contribution in [0.2, 0.25) is 0 Å². The molecule has 0 radical (unpaired) electrons. The third-order valence-corrected chi connectivity index (χ3v) is 12.1. The van der Waals surface area contributed by atoms with Gasteiger partial charge in [0.2, 0.25) is 21.8 Å². The third-order valence-electron chi connectivity index (χ3n) is 10.3. The summed E-state index contributed by atoms with van der Waals surface area (Å²) in [5.74, 6) is -6.43. The summed E-state index contributed by atoms with van der Waals surface area (Å²) in [4.78, 5) is 95.6. The standard InChI is InChI=1S/C39H51FN6O13S/c1-9-22-16-39(22,33(50)44-60(55,56)23-13-14-23)43-30(47)28-15-21(29-24-11-10-12-26(40)25(24)18-46(29)36(53)54)17-45(28)31(48)27(42-35(52)59-38(6,7)8)19-57-32(49)20(2)41-34(51)58-37(3,4)5/h9-12,21-23,27-29H,1-2,13-19H2,3-8H3,(H,41,51)(H,42,52)(H,43,47)(H,44,50)(H,53,54)/t21-,22-,27+,28+,29?,39-/m1/s1. The van der Waals surface area contributed by atoms with Gasteiger partial charge in [-0.15, -0.1) is 6.58 Å². The Balaban J connectivity index is 1.47. The summed E-state index contributed by atoms with van der Waals surface area (Å²) >= 11 is 0. The van der Waals surface area contributed by atoms with Crippen LogP contribution in [0.3, 0.4) is 0 Å². The van der Waals surface area contributed by atoms with Gasteiger partial charge in [0.25, 0.3) is 5.91 Å². The van der Waals surface area contributed by atoms with Crippen molar-refractivity contribution in [2.45, 2.75) is 114 Å². The first-order chi connectivity index (χ1) is 27.8. The maximum absolute atomic E-state index is 15.0. The van der Waals surface area contributed by atoms with Crippen molar-refractivity contribution in [3.63, 3.8) is 0 Å². The van der Waals surface area contributed by atoms with Crippen molar-refractivity contribution in [1.82, 2.24) is 30.5 Å². The van der Waals surface area contributed by atoms with Crippen LogP contribution in [0, 0.1) is 17.7 Å². The smallest absolute Gasteiger partial charge is 0.412 e. The lowest BCUT2D eigenvalue weighted by Gasteiger charge is -2.31. The van der Waals surface area contributed by atoms with Gasteiger partial charge in [-0.25, -0.2) is 32.0 Å². The Morgan fingerprint density at radius 3 is 2.22 bits per heavy atom. The van der Waals surface area contributed by atoms with Gasteiger partial charge < -0.3 is 34.9 Å². The summed E-state index contributed by atoms with van der Waals surface area (Å²) in [7, 11) is -4.05. The van der Waals surface area contributed by atoms with E-state index in [1.807, 2.05) is 0 Å². The van der Waals surface area contributed by atoms with Gasteiger partial charge in [0.1, 0.15) is 46.9 Å². The third kappa shape index (κ3) is 10.3. The second-order valence-electron chi connectivity index (χ2n) is 17.3. The normalized spacial score (nSPS) is 23.9. The number of alkyl carbamates (subject to hydrolysis) is 2. The minimum atomic E-state index is -4.05. The van der Waals surface area contributed by atoms with Crippen molar-refractivity contribution in [3.05, 3.63) is 60.1 Å². The summed E-state index contributed by atoms with van der Waals surface area (Å²) in [6.07, 6.45) is -1.76. The zero-order valence-corrected chi connectivity index (χ0v) is 35.0. The van der Waals surface area contributed by atoms with E-state index in [4.69, 9.17) is 14.2 Å². The first-order valence-electron chi connectivity index (χ1n) is 19.2. The molecule has 5 rings (SSSR count). The first-order valence-corrected chi connectivity index (χ1v) is 20.7. The maximum Gasteiger partial charge on any atom is 0.412 e. The summed E-state index contributed by atoms with van der Waals surface area (Å²) in [6.45, 7) is 15.0. The van der Waals surface area contributed by atoms with E-state index in [1.54, 1.807) is 41.5 Å². The molecule has 1 unspecified atom stereocenters. The number of ether oxygens (including phenoxy) is 3. The average Bonchev–Trinajstić information content (AvgIpc) is 4.02. The number of hydrogen-bond donors (Lipinski definition) is 5. The molecule has 60 heavy (non-hydrogen) atoms. The molecular formula is C39H51FN6O13S. The van der Waals surface area contributed by atoms with Crippen molar-refractivity contribution < 1.29 is 65.7 Å². The van der Waals surface area contributed by atoms with Crippen LogP contribution >= 0.6 is 0 Å². The molecule has 21 heteroatoms. The molecule has 6 atom stereocenters. The number of carbonyl (C=O) groups excluding carboxylic acids is 6. The van der Waals surface area contributed by atoms with E-state index in [2.05, 4.69) is 33.8 Å². The summed E-state index contributed by atoms with van der Waals surface area (Å²) < 4.78 is 58.3. The highest BCUT2D eigenvalue weighted by molar-refractivity contribution is 7.91. The highest BCUT2D eigenvalue weighted by Gasteiger charge is 2.62. The number of likely N-dealkylation sites (tertiary alicyclic amines) is 1. The maximum atomic E-state index is 15.0. The molecule has 6 amide bonds. The fraction of sp³-hybridized carbons (Fsp3) is 0.564.